The Balaban J connectivity index is 1.53. The van der Waals surface area contributed by atoms with Gasteiger partial charge in [-0.3, -0.25) is 0 Å². The fourth-order valence-corrected chi connectivity index (χ4v) is 3.18. The van der Waals surface area contributed by atoms with Gasteiger partial charge < -0.3 is 14.0 Å². The maximum Gasteiger partial charge on any atom is 0.191 e. The smallest absolute Gasteiger partial charge is 0.191 e. The van der Waals surface area contributed by atoms with Gasteiger partial charge in [0.2, 0.25) is 0 Å². The highest BCUT2D eigenvalue weighted by atomic mass is 32.2. The molecule has 3 aromatic rings. The summed E-state index contributed by atoms with van der Waals surface area (Å²) in [7, 11) is 1.65. The lowest BCUT2D eigenvalue weighted by Gasteiger charge is -2.09. The highest BCUT2D eigenvalue weighted by Crippen LogP contribution is 2.20. The van der Waals surface area contributed by atoms with Crippen LogP contribution in [0.15, 0.2) is 59.8 Å². The fraction of sp³-hybridized carbons (Fsp3) is 0.263. The van der Waals surface area contributed by atoms with Gasteiger partial charge >= 0.3 is 0 Å². The number of methoxy groups -OCH3 is 1. The summed E-state index contributed by atoms with van der Waals surface area (Å²) in [4.78, 5) is 0. The van der Waals surface area contributed by atoms with Crippen LogP contribution in [0.5, 0.6) is 11.5 Å². The number of aryl methyl sites for hydroxylation is 1. The van der Waals surface area contributed by atoms with Gasteiger partial charge in [-0.2, -0.15) is 0 Å². The van der Waals surface area contributed by atoms with Crippen LogP contribution >= 0.6 is 11.8 Å². The average molecular weight is 355 g/mol. The third kappa shape index (κ3) is 4.76. The summed E-state index contributed by atoms with van der Waals surface area (Å²) in [5.74, 6) is 3.39. The van der Waals surface area contributed by atoms with E-state index < -0.39 is 0 Å². The molecule has 0 N–H and O–H groups in total. The molecule has 0 amide bonds. The van der Waals surface area contributed by atoms with Crippen molar-refractivity contribution >= 4 is 11.8 Å². The Kier molecular flexibility index (Phi) is 5.95. The maximum atomic E-state index is 5.76. The second-order valence-corrected chi connectivity index (χ2v) is 6.54. The summed E-state index contributed by atoms with van der Waals surface area (Å²) in [5.41, 5.74) is 1.24. The van der Waals surface area contributed by atoms with E-state index in [1.54, 1.807) is 18.9 Å². The highest BCUT2D eigenvalue weighted by Gasteiger charge is 2.10. The highest BCUT2D eigenvalue weighted by molar-refractivity contribution is 7.99. The lowest BCUT2D eigenvalue weighted by Crippen LogP contribution is -2.06. The van der Waals surface area contributed by atoms with Crippen LogP contribution in [-0.4, -0.2) is 34.2 Å². The van der Waals surface area contributed by atoms with E-state index in [2.05, 4.69) is 26.9 Å². The first-order valence-corrected chi connectivity index (χ1v) is 9.08. The summed E-state index contributed by atoms with van der Waals surface area (Å²) in [6.45, 7) is 3.36. The topological polar surface area (TPSA) is 49.2 Å². The van der Waals surface area contributed by atoms with Gasteiger partial charge in [-0.25, -0.2) is 0 Å². The molecule has 0 aliphatic rings. The molecule has 1 aromatic heterocycles. The molecule has 0 unspecified atom stereocenters. The van der Waals surface area contributed by atoms with Gasteiger partial charge in [-0.05, 0) is 36.8 Å². The van der Waals surface area contributed by atoms with E-state index in [9.17, 15) is 0 Å². The van der Waals surface area contributed by atoms with E-state index in [4.69, 9.17) is 9.47 Å². The molecule has 0 aliphatic carbocycles. The number of rotatable bonds is 8. The molecule has 1 heterocycles. The van der Waals surface area contributed by atoms with Gasteiger partial charge in [-0.15, -0.1) is 10.2 Å². The summed E-state index contributed by atoms with van der Waals surface area (Å²) in [5, 5.41) is 9.41. The number of nitrogens with zero attached hydrogens (tertiary/aromatic N) is 3. The average Bonchev–Trinajstić information content (AvgIpc) is 3.00. The number of hydrogen-bond acceptors (Lipinski definition) is 5. The molecular formula is C19H21N3O2S. The third-order valence-electron chi connectivity index (χ3n) is 3.73. The number of hydrogen-bond donors (Lipinski definition) is 0. The number of benzene rings is 2. The minimum absolute atomic E-state index is 0.605. The van der Waals surface area contributed by atoms with Crippen LogP contribution in [0.2, 0.25) is 0 Å². The van der Waals surface area contributed by atoms with Crippen LogP contribution in [0.4, 0.5) is 0 Å². The van der Waals surface area contributed by atoms with Gasteiger partial charge in [0.15, 0.2) is 5.16 Å². The Morgan fingerprint density at radius 1 is 0.960 bits per heavy atom. The fourth-order valence-electron chi connectivity index (χ4n) is 2.38. The van der Waals surface area contributed by atoms with E-state index in [1.165, 1.54) is 5.56 Å². The standard InChI is InChI=1S/C19H21N3O2S/c1-15-20-21-19(22(15)14-16-6-4-3-5-7-16)25-13-12-24-18-10-8-17(23-2)9-11-18/h3-11H,12-14H2,1-2H3. The number of ether oxygens (including phenoxy) is 2. The van der Waals surface area contributed by atoms with Crippen molar-refractivity contribution in [3.8, 4) is 11.5 Å². The van der Waals surface area contributed by atoms with E-state index in [0.29, 0.717) is 6.61 Å². The molecule has 0 aliphatic heterocycles. The molecule has 0 radical (unpaired) electrons. The molecular weight excluding hydrogens is 334 g/mol. The second kappa shape index (κ2) is 8.58. The third-order valence-corrected chi connectivity index (χ3v) is 4.66. The van der Waals surface area contributed by atoms with Crippen LogP contribution < -0.4 is 9.47 Å². The normalized spacial score (nSPS) is 10.6. The van der Waals surface area contributed by atoms with E-state index >= 15 is 0 Å². The molecule has 2 aromatic carbocycles. The molecule has 0 atom stereocenters. The zero-order chi connectivity index (χ0) is 17.5. The van der Waals surface area contributed by atoms with Crippen molar-refractivity contribution in [3.63, 3.8) is 0 Å². The molecule has 3 rings (SSSR count). The molecule has 0 bridgehead atoms. The Morgan fingerprint density at radius 2 is 1.68 bits per heavy atom. The summed E-state index contributed by atoms with van der Waals surface area (Å²) >= 11 is 1.65. The SMILES string of the molecule is COc1ccc(OCCSc2nnc(C)n2Cc2ccccc2)cc1. The van der Waals surface area contributed by atoms with E-state index in [0.717, 1.165) is 34.8 Å². The molecule has 130 valence electrons. The first-order valence-electron chi connectivity index (χ1n) is 8.09. The lowest BCUT2D eigenvalue weighted by molar-refractivity contribution is 0.342. The minimum atomic E-state index is 0.605. The quantitative estimate of drug-likeness (QED) is 0.454. The molecule has 0 saturated carbocycles. The first kappa shape index (κ1) is 17.4. The van der Waals surface area contributed by atoms with Crippen molar-refractivity contribution < 1.29 is 9.47 Å². The number of thioether (sulfide) groups is 1. The zero-order valence-electron chi connectivity index (χ0n) is 14.4. The molecule has 5 nitrogen and oxygen atoms in total. The monoisotopic (exact) mass is 355 g/mol. The predicted molar refractivity (Wildman–Crippen MR) is 99.5 cm³/mol. The van der Waals surface area contributed by atoms with Crippen LogP contribution in [0.1, 0.15) is 11.4 Å². The Bertz CT molecular complexity index is 788. The van der Waals surface area contributed by atoms with Crippen molar-refractivity contribution in [2.24, 2.45) is 0 Å². The molecule has 6 heteroatoms. The van der Waals surface area contributed by atoms with Crippen molar-refractivity contribution in [2.45, 2.75) is 18.6 Å². The van der Waals surface area contributed by atoms with Crippen LogP contribution in [0, 0.1) is 6.92 Å². The molecule has 25 heavy (non-hydrogen) atoms. The van der Waals surface area contributed by atoms with Gasteiger partial charge in [-0.1, -0.05) is 42.1 Å². The van der Waals surface area contributed by atoms with Crippen molar-refractivity contribution in [1.82, 2.24) is 14.8 Å². The Labute approximate surface area is 152 Å². The summed E-state index contributed by atoms with van der Waals surface area (Å²) in [6, 6.07) is 17.9. The molecule has 0 spiro atoms. The van der Waals surface area contributed by atoms with Crippen LogP contribution in [0.25, 0.3) is 0 Å². The largest absolute Gasteiger partial charge is 0.497 e. The van der Waals surface area contributed by atoms with Crippen molar-refractivity contribution in [2.75, 3.05) is 19.5 Å². The predicted octanol–water partition coefficient (Wildman–Crippen LogP) is 3.81. The first-order chi connectivity index (χ1) is 12.3. The Hall–Kier alpha value is -2.47. The van der Waals surface area contributed by atoms with Gasteiger partial charge in [0.05, 0.1) is 20.3 Å². The van der Waals surface area contributed by atoms with Crippen molar-refractivity contribution in [1.29, 1.82) is 0 Å². The van der Waals surface area contributed by atoms with Gasteiger partial charge in [0.25, 0.3) is 0 Å². The molecule has 0 saturated heterocycles. The lowest BCUT2D eigenvalue weighted by atomic mass is 10.2. The van der Waals surface area contributed by atoms with Gasteiger partial charge in [0, 0.05) is 5.75 Å². The Morgan fingerprint density at radius 3 is 2.40 bits per heavy atom. The number of aromatic nitrogens is 3. The van der Waals surface area contributed by atoms with Crippen LogP contribution in [0.3, 0.4) is 0 Å². The van der Waals surface area contributed by atoms with E-state index in [1.807, 2.05) is 49.4 Å². The van der Waals surface area contributed by atoms with Crippen LogP contribution in [-0.2, 0) is 6.54 Å². The molecule has 0 fully saturated rings. The minimum Gasteiger partial charge on any atom is -0.497 e. The summed E-state index contributed by atoms with van der Waals surface area (Å²) in [6.07, 6.45) is 0. The maximum absolute atomic E-state index is 5.76. The van der Waals surface area contributed by atoms with E-state index in [-0.39, 0.29) is 0 Å². The van der Waals surface area contributed by atoms with Gasteiger partial charge in [0.1, 0.15) is 17.3 Å². The second-order valence-electron chi connectivity index (χ2n) is 5.47. The summed E-state index contributed by atoms with van der Waals surface area (Å²) < 4.78 is 13.0. The van der Waals surface area contributed by atoms with Crippen molar-refractivity contribution in [3.05, 3.63) is 66.0 Å². The zero-order valence-corrected chi connectivity index (χ0v) is 15.2.